The van der Waals surface area contributed by atoms with E-state index in [2.05, 4.69) is 28.1 Å². The van der Waals surface area contributed by atoms with Crippen LogP contribution in [0.2, 0.25) is 0 Å². The Hall–Kier alpha value is -1.42. The van der Waals surface area contributed by atoms with Crippen molar-refractivity contribution in [2.45, 2.75) is 6.42 Å². The number of fused-ring (bicyclic) bond motifs is 5. The first-order chi connectivity index (χ1) is 9.18. The molecule has 1 heterocycles. The van der Waals surface area contributed by atoms with E-state index < -0.39 is 0 Å². The maximum atomic E-state index is 12.6. The molecular weight excluding hydrogens is 306 g/mol. The Morgan fingerprint density at radius 1 is 1.00 bits per heavy atom. The molecule has 2 aliphatic carbocycles. The summed E-state index contributed by atoms with van der Waals surface area (Å²) >= 11 is 3.43. The highest BCUT2D eigenvalue weighted by Crippen LogP contribution is 2.53. The molecule has 0 spiro atoms. The normalized spacial score (nSPS) is 35.3. The Kier molecular flexibility index (Phi) is 2.28. The molecule has 2 bridgehead atoms. The van der Waals surface area contributed by atoms with Crippen LogP contribution in [0.15, 0.2) is 40.9 Å². The number of halogens is 1. The minimum Gasteiger partial charge on any atom is -0.274 e. The average Bonchev–Trinajstić information content (AvgIpc) is 3.06. The van der Waals surface area contributed by atoms with Gasteiger partial charge in [0.05, 0.1) is 17.5 Å². The van der Waals surface area contributed by atoms with Gasteiger partial charge in [-0.15, -0.1) is 0 Å². The van der Waals surface area contributed by atoms with E-state index in [9.17, 15) is 9.59 Å². The van der Waals surface area contributed by atoms with Gasteiger partial charge in [-0.25, -0.2) is 4.90 Å². The van der Waals surface area contributed by atoms with E-state index in [0.29, 0.717) is 5.69 Å². The quantitative estimate of drug-likeness (QED) is 0.590. The summed E-state index contributed by atoms with van der Waals surface area (Å²) in [4.78, 5) is 26.6. The highest BCUT2D eigenvalue weighted by molar-refractivity contribution is 9.10. The molecule has 2 amide bonds. The molecule has 3 nitrogen and oxygen atoms in total. The summed E-state index contributed by atoms with van der Waals surface area (Å²) in [6, 6.07) is 7.40. The number of para-hydroxylation sites is 1. The fourth-order valence-corrected chi connectivity index (χ4v) is 4.23. The van der Waals surface area contributed by atoms with Gasteiger partial charge in [0.25, 0.3) is 0 Å². The summed E-state index contributed by atoms with van der Waals surface area (Å²) in [6.07, 6.45) is 5.19. The van der Waals surface area contributed by atoms with Crippen LogP contribution in [-0.2, 0) is 9.59 Å². The third kappa shape index (κ3) is 1.38. The summed E-state index contributed by atoms with van der Waals surface area (Å²) in [5, 5.41) is 0. The van der Waals surface area contributed by atoms with Crippen molar-refractivity contribution in [3.63, 3.8) is 0 Å². The second-order valence-electron chi connectivity index (χ2n) is 5.46. The molecule has 0 unspecified atom stereocenters. The summed E-state index contributed by atoms with van der Waals surface area (Å²) in [6.45, 7) is 0. The molecule has 4 heteroatoms. The smallest absolute Gasteiger partial charge is 0.238 e. The van der Waals surface area contributed by atoms with Gasteiger partial charge in [-0.1, -0.05) is 24.3 Å². The molecule has 2 fully saturated rings. The van der Waals surface area contributed by atoms with Crippen molar-refractivity contribution in [1.29, 1.82) is 0 Å². The number of allylic oxidation sites excluding steroid dienone is 2. The predicted molar refractivity (Wildman–Crippen MR) is 74.4 cm³/mol. The van der Waals surface area contributed by atoms with Crippen molar-refractivity contribution in [3.05, 3.63) is 40.9 Å². The van der Waals surface area contributed by atoms with Gasteiger partial charge in [-0.3, -0.25) is 9.59 Å². The van der Waals surface area contributed by atoms with E-state index >= 15 is 0 Å². The number of carbonyl (C=O) groups is 2. The molecule has 1 saturated heterocycles. The molecule has 3 aliphatic rings. The van der Waals surface area contributed by atoms with Crippen LogP contribution < -0.4 is 4.90 Å². The molecule has 19 heavy (non-hydrogen) atoms. The van der Waals surface area contributed by atoms with E-state index in [-0.39, 0.29) is 35.5 Å². The fourth-order valence-electron chi connectivity index (χ4n) is 3.77. The largest absolute Gasteiger partial charge is 0.274 e. The van der Waals surface area contributed by atoms with E-state index in [0.717, 1.165) is 10.9 Å². The minimum atomic E-state index is -0.130. The lowest BCUT2D eigenvalue weighted by Crippen LogP contribution is -2.33. The zero-order valence-corrected chi connectivity index (χ0v) is 11.7. The van der Waals surface area contributed by atoms with Gasteiger partial charge in [-0.2, -0.15) is 0 Å². The maximum absolute atomic E-state index is 12.6. The zero-order valence-electron chi connectivity index (χ0n) is 10.1. The Balaban J connectivity index is 1.79. The number of rotatable bonds is 1. The zero-order chi connectivity index (χ0) is 13.1. The molecule has 1 aromatic carbocycles. The van der Waals surface area contributed by atoms with Crippen LogP contribution in [0, 0.1) is 23.7 Å². The lowest BCUT2D eigenvalue weighted by atomic mass is 9.85. The Morgan fingerprint density at radius 2 is 1.58 bits per heavy atom. The third-order valence-electron chi connectivity index (χ3n) is 4.56. The SMILES string of the molecule is O=C1[C@H]2[C@H](C(=O)N1c1ccccc1Br)[C@H]1C=C[C@H]2C1. The summed E-state index contributed by atoms with van der Waals surface area (Å²) < 4.78 is 0.789. The second kappa shape index (κ2) is 3.79. The van der Waals surface area contributed by atoms with E-state index in [1.807, 2.05) is 24.3 Å². The molecular formula is C15H12BrNO2. The number of anilines is 1. The second-order valence-corrected chi connectivity index (χ2v) is 6.32. The van der Waals surface area contributed by atoms with Gasteiger partial charge < -0.3 is 0 Å². The van der Waals surface area contributed by atoms with Crippen molar-refractivity contribution in [2.24, 2.45) is 23.7 Å². The first-order valence-electron chi connectivity index (χ1n) is 6.49. The summed E-state index contributed by atoms with van der Waals surface area (Å²) in [5.74, 6) is 0.208. The standard InChI is InChI=1S/C15H12BrNO2/c16-10-3-1-2-4-11(10)17-14(18)12-8-5-6-9(7-8)13(12)15(17)19/h1-6,8-9,12-13H,7H2/t8-,9-,12+,13+/m0/s1. The van der Waals surface area contributed by atoms with Crippen LogP contribution in [0.25, 0.3) is 0 Å². The molecule has 1 saturated carbocycles. The lowest BCUT2D eigenvalue weighted by Gasteiger charge is -2.18. The lowest BCUT2D eigenvalue weighted by molar-refractivity contribution is -0.123. The molecule has 0 radical (unpaired) electrons. The van der Waals surface area contributed by atoms with Crippen LogP contribution in [0.1, 0.15) is 6.42 Å². The van der Waals surface area contributed by atoms with E-state index in [1.54, 1.807) is 0 Å². The van der Waals surface area contributed by atoms with Crippen LogP contribution in [-0.4, -0.2) is 11.8 Å². The topological polar surface area (TPSA) is 37.4 Å². The number of amides is 2. The molecule has 1 aliphatic heterocycles. The highest BCUT2D eigenvalue weighted by atomic mass is 79.9. The molecule has 0 N–H and O–H groups in total. The predicted octanol–water partition coefficient (Wildman–Crippen LogP) is 2.76. The first kappa shape index (κ1) is 11.4. The fraction of sp³-hybridized carbons (Fsp3) is 0.333. The van der Waals surface area contributed by atoms with Crippen LogP contribution in [0.5, 0.6) is 0 Å². The van der Waals surface area contributed by atoms with Crippen molar-refractivity contribution >= 4 is 33.4 Å². The van der Waals surface area contributed by atoms with Crippen LogP contribution in [0.4, 0.5) is 5.69 Å². The number of carbonyl (C=O) groups excluding carboxylic acids is 2. The van der Waals surface area contributed by atoms with Crippen LogP contribution in [0.3, 0.4) is 0 Å². The third-order valence-corrected chi connectivity index (χ3v) is 5.23. The van der Waals surface area contributed by atoms with Gasteiger partial charge in [0.1, 0.15) is 0 Å². The van der Waals surface area contributed by atoms with E-state index in [1.165, 1.54) is 4.90 Å². The highest BCUT2D eigenvalue weighted by Gasteiger charge is 2.59. The Morgan fingerprint density at radius 3 is 2.16 bits per heavy atom. The van der Waals surface area contributed by atoms with Gasteiger partial charge >= 0.3 is 0 Å². The Labute approximate surface area is 119 Å². The van der Waals surface area contributed by atoms with Gasteiger partial charge in [0.15, 0.2) is 0 Å². The Bertz CT molecular complexity index is 594. The minimum absolute atomic E-state index is 0.0289. The first-order valence-corrected chi connectivity index (χ1v) is 7.28. The molecule has 1 aromatic rings. The molecule has 0 aromatic heterocycles. The van der Waals surface area contributed by atoms with Gasteiger partial charge in [0, 0.05) is 4.47 Å². The average molecular weight is 318 g/mol. The molecule has 4 atom stereocenters. The van der Waals surface area contributed by atoms with Crippen molar-refractivity contribution in [3.8, 4) is 0 Å². The number of nitrogens with zero attached hydrogens (tertiary/aromatic N) is 1. The molecule has 96 valence electrons. The van der Waals surface area contributed by atoms with Crippen LogP contribution >= 0.6 is 15.9 Å². The monoisotopic (exact) mass is 317 g/mol. The summed E-state index contributed by atoms with van der Waals surface area (Å²) in [7, 11) is 0. The number of hydrogen-bond donors (Lipinski definition) is 0. The van der Waals surface area contributed by atoms with Crippen molar-refractivity contribution in [2.75, 3.05) is 4.90 Å². The van der Waals surface area contributed by atoms with Gasteiger partial charge in [-0.05, 0) is 46.3 Å². The number of imide groups is 1. The van der Waals surface area contributed by atoms with Crippen molar-refractivity contribution < 1.29 is 9.59 Å². The van der Waals surface area contributed by atoms with Gasteiger partial charge in [0.2, 0.25) is 11.8 Å². The maximum Gasteiger partial charge on any atom is 0.238 e. The number of hydrogen-bond acceptors (Lipinski definition) is 2. The van der Waals surface area contributed by atoms with Crippen molar-refractivity contribution in [1.82, 2.24) is 0 Å². The summed E-state index contributed by atoms with van der Waals surface area (Å²) in [5.41, 5.74) is 0.673. The molecule has 4 rings (SSSR count). The number of benzene rings is 1. The van der Waals surface area contributed by atoms with E-state index in [4.69, 9.17) is 0 Å².